The fourth-order valence-electron chi connectivity index (χ4n) is 6.34. The summed E-state index contributed by atoms with van der Waals surface area (Å²) in [5, 5.41) is 2.61. The van der Waals surface area contributed by atoms with Crippen molar-refractivity contribution in [1.29, 1.82) is 0 Å². The molecular weight excluding hydrogens is 573 g/mol. The van der Waals surface area contributed by atoms with Gasteiger partial charge in [0.2, 0.25) is 0 Å². The Balaban J connectivity index is 1.48. The Hall–Kier alpha value is -4.36. The number of hydrogen-bond donors (Lipinski definition) is 0. The van der Waals surface area contributed by atoms with Gasteiger partial charge in [0.15, 0.2) is 0 Å². The van der Waals surface area contributed by atoms with Gasteiger partial charge in [-0.3, -0.25) is 0 Å². The molecule has 1 aliphatic heterocycles. The molecule has 0 saturated heterocycles. The van der Waals surface area contributed by atoms with Gasteiger partial charge < -0.3 is 0 Å². The third-order valence-corrected chi connectivity index (χ3v) is 10.8. The van der Waals surface area contributed by atoms with E-state index >= 15 is 0 Å². The molecule has 0 saturated carbocycles. The summed E-state index contributed by atoms with van der Waals surface area (Å²) in [5.41, 5.74) is 11.3. The van der Waals surface area contributed by atoms with Crippen molar-refractivity contribution in [2.45, 2.75) is 26.2 Å². The number of allylic oxidation sites excluding steroid dienone is 4. The monoisotopic (exact) mass is 607 g/mol. The van der Waals surface area contributed by atoms with Gasteiger partial charge in [0.1, 0.15) is 0 Å². The van der Waals surface area contributed by atoms with Crippen molar-refractivity contribution in [3.8, 4) is 11.1 Å². The molecule has 1 aliphatic rings. The number of hydrogen-bond acceptors (Lipinski definition) is 0. The predicted octanol–water partition coefficient (Wildman–Crippen LogP) is 8.80. The SMILES string of the molecule is C=C/C=C\C(=C/n1c2ccccc2c2cc3c(cc21)C(C)(C)c1ccccc1[Se]3)c1cc(C)cc(-c2ccccc2)c1. The van der Waals surface area contributed by atoms with E-state index in [0.717, 1.165) is 5.57 Å². The third kappa shape index (κ3) is 4.49. The van der Waals surface area contributed by atoms with Gasteiger partial charge in [-0.25, -0.2) is 0 Å². The van der Waals surface area contributed by atoms with Crippen LogP contribution in [0, 0.1) is 6.92 Å². The zero-order valence-corrected chi connectivity index (χ0v) is 26.0. The molecule has 1 aromatic heterocycles. The molecule has 0 N–H and O–H groups in total. The van der Waals surface area contributed by atoms with E-state index in [1.807, 2.05) is 12.2 Å². The maximum absolute atomic E-state index is 3.97. The zero-order valence-electron chi connectivity index (χ0n) is 24.3. The van der Waals surface area contributed by atoms with Crippen LogP contribution in [-0.2, 0) is 5.41 Å². The van der Waals surface area contributed by atoms with E-state index in [2.05, 4.69) is 153 Å². The number of nitrogens with zero attached hydrogens (tertiary/aromatic N) is 1. The summed E-state index contributed by atoms with van der Waals surface area (Å²) in [6.07, 6.45) is 8.38. The number of benzene rings is 5. The summed E-state index contributed by atoms with van der Waals surface area (Å²) in [6, 6.07) is 40.3. The van der Waals surface area contributed by atoms with Gasteiger partial charge in [0.05, 0.1) is 0 Å². The third-order valence-electron chi connectivity index (χ3n) is 8.46. The van der Waals surface area contributed by atoms with Crippen LogP contribution in [0.1, 0.15) is 36.1 Å². The van der Waals surface area contributed by atoms with E-state index in [9.17, 15) is 0 Å². The van der Waals surface area contributed by atoms with Crippen molar-refractivity contribution in [2.24, 2.45) is 0 Å². The minimum atomic E-state index is -0.0577. The molecule has 0 spiro atoms. The van der Waals surface area contributed by atoms with Gasteiger partial charge in [0.25, 0.3) is 0 Å². The summed E-state index contributed by atoms with van der Waals surface area (Å²) in [5.74, 6) is 0. The van der Waals surface area contributed by atoms with Crippen LogP contribution in [0.25, 0.3) is 44.7 Å². The van der Waals surface area contributed by atoms with Crippen LogP contribution < -0.4 is 8.92 Å². The van der Waals surface area contributed by atoms with Crippen LogP contribution >= 0.6 is 0 Å². The van der Waals surface area contributed by atoms with Crippen molar-refractivity contribution in [3.63, 3.8) is 0 Å². The molecule has 0 atom stereocenters. The van der Waals surface area contributed by atoms with E-state index in [1.165, 1.54) is 64.1 Å². The molecule has 1 nitrogen and oxygen atoms in total. The van der Waals surface area contributed by atoms with Gasteiger partial charge in [-0.1, -0.05) is 18.2 Å². The molecule has 0 bridgehead atoms. The van der Waals surface area contributed by atoms with Crippen molar-refractivity contribution >= 4 is 57.5 Å². The molecule has 7 rings (SSSR count). The Morgan fingerprint density at radius 1 is 0.714 bits per heavy atom. The summed E-state index contributed by atoms with van der Waals surface area (Å²) in [6.45, 7) is 10.9. The number of fused-ring (bicyclic) bond motifs is 5. The van der Waals surface area contributed by atoms with Crippen LogP contribution in [-0.4, -0.2) is 19.5 Å². The van der Waals surface area contributed by atoms with E-state index in [0.29, 0.717) is 0 Å². The van der Waals surface area contributed by atoms with E-state index < -0.39 is 0 Å². The van der Waals surface area contributed by atoms with Crippen LogP contribution in [0.2, 0.25) is 0 Å². The first-order valence-corrected chi connectivity index (χ1v) is 16.2. The van der Waals surface area contributed by atoms with Crippen LogP contribution in [0.3, 0.4) is 0 Å². The van der Waals surface area contributed by atoms with Crippen LogP contribution in [0.5, 0.6) is 0 Å². The molecule has 0 fully saturated rings. The number of aryl methyl sites for hydroxylation is 1. The van der Waals surface area contributed by atoms with E-state index in [-0.39, 0.29) is 20.4 Å². The Morgan fingerprint density at radius 2 is 1.48 bits per heavy atom. The summed E-state index contributed by atoms with van der Waals surface area (Å²) < 4.78 is 5.39. The van der Waals surface area contributed by atoms with Gasteiger partial charge in [-0.15, -0.1) is 0 Å². The Morgan fingerprint density at radius 3 is 2.31 bits per heavy atom. The normalized spacial score (nSPS) is 14.3. The number of para-hydroxylation sites is 1. The summed E-state index contributed by atoms with van der Waals surface area (Å²) >= 11 is 0.280. The Bertz CT molecular complexity index is 2050. The minimum absolute atomic E-state index is 0.0577. The quantitative estimate of drug-likeness (QED) is 0.137. The van der Waals surface area contributed by atoms with Crippen molar-refractivity contribution in [1.82, 2.24) is 4.57 Å². The topological polar surface area (TPSA) is 4.93 Å². The van der Waals surface area contributed by atoms with Crippen LogP contribution in [0.4, 0.5) is 0 Å². The Labute approximate surface area is 254 Å². The first-order valence-electron chi connectivity index (χ1n) is 14.5. The zero-order chi connectivity index (χ0) is 28.8. The van der Waals surface area contributed by atoms with Crippen molar-refractivity contribution in [3.05, 3.63) is 156 Å². The Kier molecular flexibility index (Phi) is 6.62. The first-order chi connectivity index (χ1) is 20.4. The molecular formula is C40H33NSe. The molecule has 204 valence electrons. The van der Waals surface area contributed by atoms with Gasteiger partial charge in [-0.2, -0.15) is 0 Å². The molecule has 2 heterocycles. The fourth-order valence-corrected chi connectivity index (χ4v) is 9.32. The second-order valence-corrected chi connectivity index (χ2v) is 13.9. The van der Waals surface area contributed by atoms with E-state index in [4.69, 9.17) is 0 Å². The molecule has 0 radical (unpaired) electrons. The standard InChI is InChI=1S/C40H33NSe/c1-5-6-14-29(31-22-27(2)21-30(23-31)28-15-8-7-9-16-28)26-41-36-19-12-10-17-32(36)33-24-39-35(25-37(33)41)40(3,4)34-18-11-13-20-38(34)42-39/h5-26H,1H2,2-4H3/b14-6-,29-26+. The molecule has 0 aliphatic carbocycles. The second kappa shape index (κ2) is 10.5. The predicted molar refractivity (Wildman–Crippen MR) is 183 cm³/mol. The first kappa shape index (κ1) is 26.5. The van der Waals surface area contributed by atoms with Gasteiger partial charge in [0, 0.05) is 0 Å². The fraction of sp³-hybridized carbons (Fsp3) is 0.100. The molecule has 6 aromatic rings. The number of aromatic nitrogens is 1. The maximum atomic E-state index is 3.97. The summed E-state index contributed by atoms with van der Waals surface area (Å²) in [7, 11) is 0. The molecule has 2 heteroatoms. The molecule has 42 heavy (non-hydrogen) atoms. The molecule has 0 unspecified atom stereocenters. The van der Waals surface area contributed by atoms with E-state index in [1.54, 1.807) is 0 Å². The van der Waals surface area contributed by atoms with Gasteiger partial charge in [-0.05, 0) is 0 Å². The average molecular weight is 607 g/mol. The average Bonchev–Trinajstić information content (AvgIpc) is 3.31. The van der Waals surface area contributed by atoms with Crippen molar-refractivity contribution in [2.75, 3.05) is 0 Å². The molecule has 0 amide bonds. The molecule has 5 aromatic carbocycles. The number of rotatable bonds is 5. The second-order valence-electron chi connectivity index (χ2n) is 11.6. The van der Waals surface area contributed by atoms with Crippen LogP contribution in [0.15, 0.2) is 134 Å². The van der Waals surface area contributed by atoms with Crippen molar-refractivity contribution < 1.29 is 0 Å². The summed E-state index contributed by atoms with van der Waals surface area (Å²) in [4.78, 5) is 0. The van der Waals surface area contributed by atoms with Gasteiger partial charge >= 0.3 is 237 Å².